The van der Waals surface area contributed by atoms with Crippen molar-refractivity contribution in [1.29, 1.82) is 0 Å². The van der Waals surface area contributed by atoms with Crippen LogP contribution < -0.4 is 10.9 Å². The Morgan fingerprint density at radius 1 is 1.36 bits per heavy atom. The highest BCUT2D eigenvalue weighted by atomic mass is 16.2. The highest BCUT2D eigenvalue weighted by Gasteiger charge is 2.13. The summed E-state index contributed by atoms with van der Waals surface area (Å²) in [6, 6.07) is 5.08. The molecule has 0 aliphatic rings. The quantitative estimate of drug-likeness (QED) is 0.883. The smallest absolute Gasteiger partial charge is 0.251 e. The molecular weight excluding hydrogens is 280 g/mol. The molecule has 2 aromatic heterocycles. The van der Waals surface area contributed by atoms with E-state index in [1.807, 2.05) is 38.4 Å². The Bertz CT molecular complexity index is 730. The summed E-state index contributed by atoms with van der Waals surface area (Å²) in [5.41, 5.74) is 2.91. The maximum atomic E-state index is 12.2. The van der Waals surface area contributed by atoms with Gasteiger partial charge in [-0.25, -0.2) is 0 Å². The summed E-state index contributed by atoms with van der Waals surface area (Å²) in [6.07, 6.45) is 0.679. The third-order valence-corrected chi connectivity index (χ3v) is 3.56. The second-order valence-corrected chi connectivity index (χ2v) is 5.54. The van der Waals surface area contributed by atoms with Gasteiger partial charge in [-0.1, -0.05) is 6.92 Å². The van der Waals surface area contributed by atoms with Crippen molar-refractivity contribution in [2.45, 2.75) is 40.2 Å². The number of hydrogen-bond donors (Lipinski definition) is 2. The van der Waals surface area contributed by atoms with Gasteiger partial charge in [0.05, 0.1) is 11.7 Å². The molecule has 22 heavy (non-hydrogen) atoms. The van der Waals surface area contributed by atoms with Crippen LogP contribution in [-0.2, 0) is 6.42 Å². The molecule has 2 heterocycles. The van der Waals surface area contributed by atoms with Crippen LogP contribution in [0, 0.1) is 13.8 Å². The molecule has 6 nitrogen and oxygen atoms in total. The Morgan fingerprint density at radius 3 is 2.68 bits per heavy atom. The number of aryl methyl sites for hydroxylation is 3. The zero-order chi connectivity index (χ0) is 16.3. The molecule has 0 aromatic carbocycles. The molecule has 0 aliphatic heterocycles. The van der Waals surface area contributed by atoms with Crippen LogP contribution in [0.25, 0.3) is 0 Å². The van der Waals surface area contributed by atoms with E-state index >= 15 is 0 Å². The molecule has 2 rings (SSSR count). The lowest BCUT2D eigenvalue weighted by molar-refractivity contribution is 0.0947. The predicted octanol–water partition coefficient (Wildman–Crippen LogP) is 1.74. The van der Waals surface area contributed by atoms with Gasteiger partial charge in [0.15, 0.2) is 0 Å². The minimum atomic E-state index is -0.254. The van der Waals surface area contributed by atoms with Gasteiger partial charge in [0, 0.05) is 29.6 Å². The van der Waals surface area contributed by atoms with Crippen molar-refractivity contribution in [2.75, 3.05) is 6.54 Å². The van der Waals surface area contributed by atoms with Gasteiger partial charge in [-0.15, -0.1) is 0 Å². The SMILES string of the molecule is CCc1cc(C(=O)NCC(C)n2nc(C)cc2C)cc(=O)[nH]1. The van der Waals surface area contributed by atoms with Gasteiger partial charge < -0.3 is 10.3 Å². The van der Waals surface area contributed by atoms with Crippen LogP contribution in [0.2, 0.25) is 0 Å². The van der Waals surface area contributed by atoms with Crippen molar-refractivity contribution in [3.05, 3.63) is 51.2 Å². The number of pyridine rings is 1. The van der Waals surface area contributed by atoms with Gasteiger partial charge in [0.2, 0.25) is 5.56 Å². The summed E-state index contributed by atoms with van der Waals surface area (Å²) in [5.74, 6) is -0.241. The summed E-state index contributed by atoms with van der Waals surface area (Å²) >= 11 is 0. The Morgan fingerprint density at radius 2 is 2.09 bits per heavy atom. The lowest BCUT2D eigenvalue weighted by Crippen LogP contribution is -2.31. The molecule has 1 atom stereocenters. The number of aromatic nitrogens is 3. The Balaban J connectivity index is 2.05. The van der Waals surface area contributed by atoms with Crippen LogP contribution in [0.3, 0.4) is 0 Å². The zero-order valence-electron chi connectivity index (χ0n) is 13.4. The summed E-state index contributed by atoms with van der Waals surface area (Å²) in [6.45, 7) is 8.31. The fraction of sp³-hybridized carbons (Fsp3) is 0.438. The standard InChI is InChI=1S/C16H22N4O2/c1-5-14-7-13(8-15(21)18-14)16(22)17-9-12(4)20-11(3)6-10(2)19-20/h6-8,12H,5,9H2,1-4H3,(H,17,22)(H,18,21). The minimum Gasteiger partial charge on any atom is -0.350 e. The van der Waals surface area contributed by atoms with E-state index in [0.717, 1.165) is 17.1 Å². The van der Waals surface area contributed by atoms with E-state index in [1.54, 1.807) is 6.07 Å². The Hall–Kier alpha value is -2.37. The molecule has 118 valence electrons. The fourth-order valence-electron chi connectivity index (χ4n) is 2.44. The number of amides is 1. The van der Waals surface area contributed by atoms with E-state index in [9.17, 15) is 9.59 Å². The van der Waals surface area contributed by atoms with Gasteiger partial charge >= 0.3 is 0 Å². The monoisotopic (exact) mass is 302 g/mol. The fourth-order valence-corrected chi connectivity index (χ4v) is 2.44. The first-order valence-corrected chi connectivity index (χ1v) is 7.45. The number of carbonyl (C=O) groups excluding carboxylic acids is 1. The largest absolute Gasteiger partial charge is 0.350 e. The first-order valence-electron chi connectivity index (χ1n) is 7.45. The van der Waals surface area contributed by atoms with Crippen LogP contribution in [0.1, 0.15) is 47.3 Å². The highest BCUT2D eigenvalue weighted by Crippen LogP contribution is 2.10. The van der Waals surface area contributed by atoms with Crippen molar-refractivity contribution < 1.29 is 4.79 Å². The number of H-pyrrole nitrogens is 1. The molecule has 0 radical (unpaired) electrons. The van der Waals surface area contributed by atoms with Gasteiger partial charge in [-0.05, 0) is 39.3 Å². The molecule has 2 N–H and O–H groups in total. The maximum Gasteiger partial charge on any atom is 0.251 e. The topological polar surface area (TPSA) is 79.8 Å². The molecule has 0 saturated heterocycles. The Kier molecular flexibility index (Phi) is 4.80. The normalized spacial score (nSPS) is 12.2. The van der Waals surface area contributed by atoms with E-state index in [4.69, 9.17) is 0 Å². The lowest BCUT2D eigenvalue weighted by Gasteiger charge is -2.15. The predicted molar refractivity (Wildman–Crippen MR) is 85.2 cm³/mol. The number of rotatable bonds is 5. The number of nitrogens with one attached hydrogen (secondary N) is 2. The van der Waals surface area contributed by atoms with E-state index < -0.39 is 0 Å². The molecule has 0 aliphatic carbocycles. The molecule has 0 fully saturated rings. The van der Waals surface area contributed by atoms with Gasteiger partial charge in [-0.3, -0.25) is 14.3 Å². The molecule has 6 heteroatoms. The van der Waals surface area contributed by atoms with Crippen molar-refractivity contribution in [3.8, 4) is 0 Å². The van der Waals surface area contributed by atoms with Crippen molar-refractivity contribution in [1.82, 2.24) is 20.1 Å². The van der Waals surface area contributed by atoms with Crippen LogP contribution in [-0.4, -0.2) is 27.2 Å². The molecule has 0 spiro atoms. The summed E-state index contributed by atoms with van der Waals surface area (Å²) in [7, 11) is 0. The van der Waals surface area contributed by atoms with Crippen molar-refractivity contribution >= 4 is 5.91 Å². The zero-order valence-corrected chi connectivity index (χ0v) is 13.4. The third kappa shape index (κ3) is 3.63. The second-order valence-electron chi connectivity index (χ2n) is 5.54. The van der Waals surface area contributed by atoms with Crippen molar-refractivity contribution in [2.24, 2.45) is 0 Å². The molecule has 1 unspecified atom stereocenters. The van der Waals surface area contributed by atoms with Gasteiger partial charge in [0.1, 0.15) is 0 Å². The van der Waals surface area contributed by atoms with Crippen LogP contribution in [0.4, 0.5) is 0 Å². The van der Waals surface area contributed by atoms with E-state index in [2.05, 4.69) is 15.4 Å². The van der Waals surface area contributed by atoms with Crippen LogP contribution in [0.5, 0.6) is 0 Å². The molecule has 0 saturated carbocycles. The van der Waals surface area contributed by atoms with E-state index in [1.165, 1.54) is 6.07 Å². The lowest BCUT2D eigenvalue weighted by atomic mass is 10.2. The number of aromatic amines is 1. The van der Waals surface area contributed by atoms with Crippen LogP contribution >= 0.6 is 0 Å². The molecule has 0 bridgehead atoms. The average molecular weight is 302 g/mol. The van der Waals surface area contributed by atoms with Crippen LogP contribution in [0.15, 0.2) is 23.0 Å². The molecular formula is C16H22N4O2. The van der Waals surface area contributed by atoms with E-state index in [-0.39, 0.29) is 17.5 Å². The first kappa shape index (κ1) is 16.0. The summed E-state index contributed by atoms with van der Waals surface area (Å²) in [4.78, 5) is 26.4. The van der Waals surface area contributed by atoms with Gasteiger partial charge in [-0.2, -0.15) is 5.10 Å². The molecule has 2 aromatic rings. The average Bonchev–Trinajstić information content (AvgIpc) is 2.82. The summed E-state index contributed by atoms with van der Waals surface area (Å²) in [5, 5.41) is 7.27. The van der Waals surface area contributed by atoms with Gasteiger partial charge in [0.25, 0.3) is 5.91 Å². The Labute approximate surface area is 129 Å². The number of carbonyl (C=O) groups is 1. The van der Waals surface area contributed by atoms with Crippen molar-refractivity contribution in [3.63, 3.8) is 0 Å². The third-order valence-electron chi connectivity index (χ3n) is 3.56. The second kappa shape index (κ2) is 6.60. The minimum absolute atomic E-state index is 0.0466. The maximum absolute atomic E-state index is 12.2. The van der Waals surface area contributed by atoms with E-state index in [0.29, 0.717) is 18.5 Å². The number of hydrogen-bond acceptors (Lipinski definition) is 3. The first-order chi connectivity index (χ1) is 10.4. The number of nitrogens with zero attached hydrogens (tertiary/aromatic N) is 2. The summed E-state index contributed by atoms with van der Waals surface area (Å²) < 4.78 is 1.89. The highest BCUT2D eigenvalue weighted by molar-refractivity contribution is 5.94. The molecule has 1 amide bonds.